The molecule has 7 heteroatoms. The molecule has 29 heavy (non-hydrogen) atoms. The second-order valence-electron chi connectivity index (χ2n) is 8.35. The zero-order valence-electron chi connectivity index (χ0n) is 17.4. The van der Waals surface area contributed by atoms with Gasteiger partial charge in [0.25, 0.3) is 5.92 Å². The Balaban J connectivity index is 1.78. The first kappa shape index (κ1) is 21.3. The maximum absolute atomic E-state index is 13.5. The van der Waals surface area contributed by atoms with Crippen LogP contribution in [-0.4, -0.2) is 40.4 Å². The van der Waals surface area contributed by atoms with Gasteiger partial charge in [0.1, 0.15) is 5.82 Å². The molecular formula is C22H28F2N4O. The van der Waals surface area contributed by atoms with E-state index in [0.717, 1.165) is 55.4 Å². The summed E-state index contributed by atoms with van der Waals surface area (Å²) in [5.41, 5.74) is 2.27. The van der Waals surface area contributed by atoms with Gasteiger partial charge in [0.05, 0.1) is 11.7 Å². The minimum Gasteiger partial charge on any atom is -0.348 e. The lowest BCUT2D eigenvalue weighted by Crippen LogP contribution is -2.40. The lowest BCUT2D eigenvalue weighted by molar-refractivity contribution is -0.117. The van der Waals surface area contributed by atoms with E-state index in [2.05, 4.69) is 17.2 Å². The average molecular weight is 402 g/mol. The maximum Gasteiger partial charge on any atom is 0.270 e. The fraction of sp³-hybridized carbons (Fsp3) is 0.500. The van der Waals surface area contributed by atoms with Gasteiger partial charge >= 0.3 is 0 Å². The predicted molar refractivity (Wildman–Crippen MR) is 109 cm³/mol. The third-order valence-electron chi connectivity index (χ3n) is 5.57. The molecule has 156 valence electrons. The van der Waals surface area contributed by atoms with E-state index in [9.17, 15) is 13.6 Å². The summed E-state index contributed by atoms with van der Waals surface area (Å²) in [5.74, 6) is -2.14. The van der Waals surface area contributed by atoms with E-state index in [-0.39, 0.29) is 17.1 Å². The van der Waals surface area contributed by atoms with Crippen molar-refractivity contribution < 1.29 is 13.6 Å². The van der Waals surface area contributed by atoms with Crippen LogP contribution in [0.15, 0.2) is 30.3 Å². The molecule has 2 atom stereocenters. The SMILES string of the molecule is Cc1cc(-c2ccc(C(C)(F)F)cc2)nc(C2CC[C@@](C)(CCN(C)C=O)N2)n1. The number of benzene rings is 1. The van der Waals surface area contributed by atoms with Crippen molar-refractivity contribution in [3.63, 3.8) is 0 Å². The van der Waals surface area contributed by atoms with Crippen molar-refractivity contribution in [2.24, 2.45) is 0 Å². The Hall–Kier alpha value is -2.41. The van der Waals surface area contributed by atoms with Crippen LogP contribution < -0.4 is 5.32 Å². The monoisotopic (exact) mass is 402 g/mol. The second-order valence-corrected chi connectivity index (χ2v) is 8.35. The van der Waals surface area contributed by atoms with Crippen molar-refractivity contribution in [1.82, 2.24) is 20.2 Å². The van der Waals surface area contributed by atoms with Crippen molar-refractivity contribution in [3.8, 4) is 11.3 Å². The lowest BCUT2D eigenvalue weighted by Gasteiger charge is -2.27. The van der Waals surface area contributed by atoms with Crippen LogP contribution in [0.2, 0.25) is 0 Å². The number of aromatic nitrogens is 2. The fourth-order valence-corrected chi connectivity index (χ4v) is 3.72. The summed E-state index contributed by atoms with van der Waals surface area (Å²) in [7, 11) is 1.78. The van der Waals surface area contributed by atoms with Gasteiger partial charge in [0.2, 0.25) is 6.41 Å². The van der Waals surface area contributed by atoms with Crippen LogP contribution in [0.25, 0.3) is 11.3 Å². The molecule has 1 saturated heterocycles. The highest BCUT2D eigenvalue weighted by molar-refractivity contribution is 5.60. The first-order valence-corrected chi connectivity index (χ1v) is 9.87. The highest BCUT2D eigenvalue weighted by Gasteiger charge is 2.36. The molecule has 1 fully saturated rings. The highest BCUT2D eigenvalue weighted by atomic mass is 19.3. The zero-order valence-corrected chi connectivity index (χ0v) is 17.4. The molecule has 5 nitrogen and oxygen atoms in total. The molecule has 2 aromatic rings. The van der Waals surface area contributed by atoms with E-state index in [1.807, 2.05) is 13.0 Å². The van der Waals surface area contributed by atoms with E-state index >= 15 is 0 Å². The molecule has 1 N–H and O–H groups in total. The van der Waals surface area contributed by atoms with Crippen molar-refractivity contribution in [3.05, 3.63) is 47.4 Å². The number of nitrogens with one attached hydrogen (secondary N) is 1. The van der Waals surface area contributed by atoms with Crippen LogP contribution in [-0.2, 0) is 10.7 Å². The molecule has 1 aliphatic rings. The number of aryl methyl sites for hydroxylation is 1. The summed E-state index contributed by atoms with van der Waals surface area (Å²) in [6, 6.07) is 8.15. The van der Waals surface area contributed by atoms with Gasteiger partial charge in [-0.25, -0.2) is 18.7 Å². The summed E-state index contributed by atoms with van der Waals surface area (Å²) in [4.78, 5) is 21.8. The quantitative estimate of drug-likeness (QED) is 0.705. The minimum absolute atomic E-state index is 0.0132. The Labute approximate surface area is 170 Å². The van der Waals surface area contributed by atoms with E-state index in [1.165, 1.54) is 12.1 Å². The van der Waals surface area contributed by atoms with Gasteiger partial charge in [-0.3, -0.25) is 4.79 Å². The number of nitrogens with zero attached hydrogens (tertiary/aromatic N) is 3. The van der Waals surface area contributed by atoms with Gasteiger partial charge in [-0.15, -0.1) is 0 Å². The van der Waals surface area contributed by atoms with E-state index in [1.54, 1.807) is 24.1 Å². The average Bonchev–Trinajstić information content (AvgIpc) is 3.08. The Kier molecular flexibility index (Phi) is 5.98. The first-order chi connectivity index (χ1) is 13.6. The van der Waals surface area contributed by atoms with E-state index in [4.69, 9.17) is 4.98 Å². The van der Waals surface area contributed by atoms with Crippen LogP contribution in [0.4, 0.5) is 8.78 Å². The lowest BCUT2D eigenvalue weighted by atomic mass is 9.96. The normalized spacial score (nSPS) is 21.9. The molecule has 1 aliphatic heterocycles. The molecule has 1 aromatic heterocycles. The molecule has 2 heterocycles. The number of alkyl halides is 2. The number of hydrogen-bond acceptors (Lipinski definition) is 4. The van der Waals surface area contributed by atoms with Gasteiger partial charge < -0.3 is 10.2 Å². The molecule has 1 aromatic carbocycles. The van der Waals surface area contributed by atoms with Gasteiger partial charge in [0, 0.05) is 42.9 Å². The number of halogens is 2. The molecule has 3 rings (SSSR count). The first-order valence-electron chi connectivity index (χ1n) is 9.87. The summed E-state index contributed by atoms with van der Waals surface area (Å²) in [6.07, 6.45) is 3.57. The van der Waals surface area contributed by atoms with Crippen LogP contribution in [0.5, 0.6) is 0 Å². The summed E-state index contributed by atoms with van der Waals surface area (Å²) < 4.78 is 26.9. The second kappa shape index (κ2) is 8.14. The Morgan fingerprint density at radius 1 is 1.31 bits per heavy atom. The molecule has 0 bridgehead atoms. The van der Waals surface area contributed by atoms with Gasteiger partial charge in [0.15, 0.2) is 0 Å². The number of amides is 1. The number of carbonyl (C=O) groups excluding carboxylic acids is 1. The van der Waals surface area contributed by atoms with Crippen LogP contribution in [0.3, 0.4) is 0 Å². The van der Waals surface area contributed by atoms with Crippen LogP contribution >= 0.6 is 0 Å². The third kappa shape index (κ3) is 5.15. The number of hydrogen-bond donors (Lipinski definition) is 1. The van der Waals surface area contributed by atoms with Crippen molar-refractivity contribution >= 4 is 6.41 Å². The molecule has 1 amide bonds. The Morgan fingerprint density at radius 2 is 2.00 bits per heavy atom. The maximum atomic E-state index is 13.5. The number of rotatable bonds is 7. The largest absolute Gasteiger partial charge is 0.348 e. The topological polar surface area (TPSA) is 58.1 Å². The zero-order chi connectivity index (χ0) is 21.2. The van der Waals surface area contributed by atoms with Crippen molar-refractivity contribution in [2.75, 3.05) is 13.6 Å². The minimum atomic E-state index is -2.86. The van der Waals surface area contributed by atoms with Crippen LogP contribution in [0, 0.1) is 6.92 Å². The summed E-state index contributed by atoms with van der Waals surface area (Å²) in [5, 5.41) is 3.63. The van der Waals surface area contributed by atoms with Gasteiger partial charge in [-0.05, 0) is 39.2 Å². The summed E-state index contributed by atoms with van der Waals surface area (Å²) in [6.45, 7) is 5.65. The number of carbonyl (C=O) groups is 1. The predicted octanol–water partition coefficient (Wildman–Crippen LogP) is 4.23. The molecule has 0 spiro atoms. The van der Waals surface area contributed by atoms with Gasteiger partial charge in [-0.2, -0.15) is 0 Å². The smallest absolute Gasteiger partial charge is 0.270 e. The van der Waals surface area contributed by atoms with Crippen molar-refractivity contribution in [2.45, 2.75) is 57.5 Å². The van der Waals surface area contributed by atoms with E-state index in [0.29, 0.717) is 6.54 Å². The molecule has 0 aliphatic carbocycles. The summed E-state index contributed by atoms with van der Waals surface area (Å²) >= 11 is 0. The third-order valence-corrected chi connectivity index (χ3v) is 5.57. The molecule has 0 radical (unpaired) electrons. The molecular weight excluding hydrogens is 374 g/mol. The van der Waals surface area contributed by atoms with Gasteiger partial charge in [-0.1, -0.05) is 24.3 Å². The highest BCUT2D eigenvalue weighted by Crippen LogP contribution is 2.34. The standard InChI is InChI=1S/C22H28F2N4O/c1-15-13-19(16-5-7-17(8-6-16)22(3,23)24)26-20(25-15)18-9-10-21(2,27-18)11-12-28(4)14-29/h5-8,13-14,18,27H,9-12H2,1-4H3/t18?,21-/m0/s1. The fourth-order valence-electron chi connectivity index (χ4n) is 3.72. The molecule has 1 unspecified atom stereocenters. The Bertz CT molecular complexity index is 866. The van der Waals surface area contributed by atoms with Crippen LogP contribution in [0.1, 0.15) is 56.2 Å². The molecule has 0 saturated carbocycles. The Morgan fingerprint density at radius 3 is 2.62 bits per heavy atom. The van der Waals surface area contributed by atoms with E-state index < -0.39 is 5.92 Å². The van der Waals surface area contributed by atoms with Crippen molar-refractivity contribution in [1.29, 1.82) is 0 Å².